The second-order valence-electron chi connectivity index (χ2n) is 13.7. The number of fused-ring (bicyclic) bond motifs is 2. The molecule has 256 valence electrons. The fourth-order valence-electron chi connectivity index (χ4n) is 5.80. The maximum absolute atomic E-state index is 3.06. The molecule has 0 saturated carbocycles. The van der Waals surface area contributed by atoms with Gasteiger partial charge in [-0.1, -0.05) is 127 Å². The molecule has 0 spiro atoms. The fourth-order valence-corrected chi connectivity index (χ4v) is 5.80. The van der Waals surface area contributed by atoms with Gasteiger partial charge in [0.15, 0.2) is 0 Å². The van der Waals surface area contributed by atoms with Gasteiger partial charge in [-0.2, -0.15) is 12.1 Å². The molecule has 6 aromatic carbocycles. The zero-order valence-electron chi connectivity index (χ0n) is 30.6. The summed E-state index contributed by atoms with van der Waals surface area (Å²) < 4.78 is 0. The van der Waals surface area contributed by atoms with Crippen LogP contribution in [-0.4, -0.2) is 6.88 Å². The molecule has 0 atom stereocenters. The van der Waals surface area contributed by atoms with Crippen molar-refractivity contribution in [3.05, 3.63) is 146 Å². The van der Waals surface area contributed by atoms with Crippen molar-refractivity contribution in [2.45, 2.75) is 79.1 Å². The van der Waals surface area contributed by atoms with Crippen LogP contribution < -0.4 is 0 Å². The van der Waals surface area contributed by atoms with Crippen LogP contribution in [0.5, 0.6) is 0 Å². The summed E-state index contributed by atoms with van der Waals surface area (Å²) in [5.41, 5.74) is 11.3. The topological polar surface area (TPSA) is 0 Å². The van der Waals surface area contributed by atoms with E-state index in [1.807, 2.05) is 0 Å². The van der Waals surface area contributed by atoms with Crippen molar-refractivity contribution in [2.75, 3.05) is 0 Å². The van der Waals surface area contributed by atoms with Gasteiger partial charge in [0.2, 0.25) is 0 Å². The third kappa shape index (κ3) is 10.9. The third-order valence-electron chi connectivity index (χ3n) is 8.56. The molecule has 0 saturated heterocycles. The van der Waals surface area contributed by atoms with E-state index in [-0.39, 0.29) is 50.5 Å². The van der Waals surface area contributed by atoms with Crippen molar-refractivity contribution in [2.24, 2.45) is 0 Å². The van der Waals surface area contributed by atoms with Crippen LogP contribution in [0.4, 0.5) is 0 Å². The van der Waals surface area contributed by atoms with E-state index in [9.17, 15) is 0 Å². The average molecular weight is 773 g/mol. The first-order valence-electron chi connectivity index (χ1n) is 15.8. The minimum absolute atomic E-state index is 0. The van der Waals surface area contributed by atoms with E-state index in [0.29, 0.717) is 0 Å². The van der Waals surface area contributed by atoms with Crippen LogP contribution in [0.25, 0.3) is 43.8 Å². The molecule has 4 heteroatoms. The summed E-state index contributed by atoms with van der Waals surface area (Å²) in [5, 5.41) is 5.45. The first-order valence-corrected chi connectivity index (χ1v) is 20.0. The van der Waals surface area contributed by atoms with Gasteiger partial charge < -0.3 is 14.9 Å². The van der Waals surface area contributed by atoms with E-state index in [0.717, 1.165) is 12.8 Å². The zero-order chi connectivity index (χ0) is 32.1. The molecule has 0 heterocycles. The van der Waals surface area contributed by atoms with Crippen LogP contribution in [0.1, 0.15) is 77.6 Å². The Hall–Kier alpha value is -2.22. The number of hydrogen-bond donors (Lipinski definition) is 0. The average Bonchev–Trinajstić information content (AvgIpc) is 3.66. The van der Waals surface area contributed by atoms with E-state index < -0.39 is 0 Å². The number of aryl methyl sites for hydroxylation is 2. The van der Waals surface area contributed by atoms with Gasteiger partial charge in [0.1, 0.15) is 0 Å². The number of benzene rings is 4. The molecule has 0 N–H and O–H groups in total. The Bertz CT molecular complexity index is 1680. The number of rotatable bonds is 4. The molecule has 0 bridgehead atoms. The predicted octanol–water partition coefficient (Wildman–Crippen LogP) is 13.5. The van der Waals surface area contributed by atoms with Crippen LogP contribution in [0.3, 0.4) is 0 Å². The SMILES string of the molecule is CCc1cc2c(-c3ccc(C(C)(C)C)cc3)cccc2[cH-]1.CCc1cc2c(-c3ccc(C(C)(C)C)cc3)cccc2[cH-]1.Cl.Cl.[CH3-].[CH3-].[Si]=[Zr]. The molecule has 0 amide bonds. The Morgan fingerprint density at radius 3 is 1.10 bits per heavy atom. The summed E-state index contributed by atoms with van der Waals surface area (Å²) in [6.45, 7) is 21.0. The summed E-state index contributed by atoms with van der Waals surface area (Å²) in [6.07, 6.45) is 2.19. The second kappa shape index (κ2) is 19.8. The summed E-state index contributed by atoms with van der Waals surface area (Å²) >= 11 is 1.36. The standard InChI is InChI=1S/2C21H23.2CH3.2ClH.Si.Zr/c2*1-5-15-13-17-7-6-8-19(20(17)14-15)16-9-11-18(12-10-16)21(2,3)4;;;;;;/h2*6-14H,5H2,1-4H3;2*1H3;2*1H;;/q4*-1;;;;. The third-order valence-corrected chi connectivity index (χ3v) is 8.56. The molecule has 6 rings (SSSR count). The van der Waals surface area contributed by atoms with Crippen molar-refractivity contribution in [3.8, 4) is 22.3 Å². The van der Waals surface area contributed by atoms with Gasteiger partial charge in [-0.05, 0) is 45.9 Å². The Labute approximate surface area is 321 Å². The summed E-state index contributed by atoms with van der Waals surface area (Å²) in [5.74, 6) is 0. The van der Waals surface area contributed by atoms with Gasteiger partial charge in [0, 0.05) is 0 Å². The summed E-state index contributed by atoms with van der Waals surface area (Å²) in [4.78, 5) is 0. The van der Waals surface area contributed by atoms with E-state index >= 15 is 0 Å². The predicted molar refractivity (Wildman–Crippen MR) is 219 cm³/mol. The van der Waals surface area contributed by atoms with Gasteiger partial charge >= 0.3 is 30.2 Å². The van der Waals surface area contributed by atoms with Crippen LogP contribution in [0.2, 0.25) is 0 Å². The first-order chi connectivity index (χ1) is 21.0. The van der Waals surface area contributed by atoms with Crippen molar-refractivity contribution < 1.29 is 23.3 Å². The Kier molecular flexibility index (Phi) is 18.9. The van der Waals surface area contributed by atoms with E-state index in [1.165, 1.54) is 89.4 Å². The van der Waals surface area contributed by atoms with Gasteiger partial charge in [0.05, 0.1) is 0 Å². The fraction of sp³-hybridized carbons (Fsp3) is 0.273. The summed E-state index contributed by atoms with van der Waals surface area (Å²) in [7, 11) is 0. The molecule has 0 aliphatic heterocycles. The van der Waals surface area contributed by atoms with Crippen LogP contribution >= 0.6 is 24.8 Å². The van der Waals surface area contributed by atoms with E-state index in [1.54, 1.807) is 0 Å². The molecule has 2 radical (unpaired) electrons. The molecule has 6 aromatic rings. The monoisotopic (exact) mass is 770 g/mol. The van der Waals surface area contributed by atoms with Crippen molar-refractivity contribution in [1.29, 1.82) is 0 Å². The molecule has 0 aliphatic rings. The number of hydrogen-bond acceptors (Lipinski definition) is 0. The molecule has 0 aliphatic carbocycles. The van der Waals surface area contributed by atoms with Gasteiger partial charge in [-0.3, -0.25) is 0 Å². The molecular formula is C44H54Cl2SiZr-4. The van der Waals surface area contributed by atoms with Gasteiger partial charge in [-0.15, -0.1) is 93.9 Å². The second-order valence-corrected chi connectivity index (χ2v) is 13.7. The summed E-state index contributed by atoms with van der Waals surface area (Å²) in [6, 6.07) is 40.6. The Balaban J connectivity index is 0.000000811. The molecular weight excluding hydrogens is 719 g/mol. The first kappa shape index (κ1) is 45.8. The normalized spacial score (nSPS) is 10.6. The van der Waals surface area contributed by atoms with Crippen LogP contribution in [0, 0.1) is 14.9 Å². The number of halogens is 2. The Morgan fingerprint density at radius 1 is 0.521 bits per heavy atom. The van der Waals surface area contributed by atoms with Gasteiger partial charge in [-0.25, -0.2) is 0 Å². The van der Waals surface area contributed by atoms with Crippen molar-refractivity contribution in [3.63, 3.8) is 0 Å². The molecule has 0 nitrogen and oxygen atoms in total. The quantitative estimate of drug-likeness (QED) is 0.124. The molecule has 0 unspecified atom stereocenters. The van der Waals surface area contributed by atoms with Crippen molar-refractivity contribution in [1.82, 2.24) is 0 Å². The molecule has 0 fully saturated rings. The van der Waals surface area contributed by atoms with Gasteiger partial charge in [0.25, 0.3) is 0 Å². The van der Waals surface area contributed by atoms with Crippen LogP contribution in [-0.2, 0) is 47.0 Å². The minimum atomic E-state index is 0. The van der Waals surface area contributed by atoms with E-state index in [4.69, 9.17) is 0 Å². The Morgan fingerprint density at radius 2 is 0.833 bits per heavy atom. The maximum atomic E-state index is 3.06. The molecule has 0 aromatic heterocycles. The zero-order valence-corrected chi connectivity index (χ0v) is 35.7. The van der Waals surface area contributed by atoms with Crippen molar-refractivity contribution >= 4 is 53.2 Å². The molecule has 48 heavy (non-hydrogen) atoms. The van der Waals surface area contributed by atoms with E-state index in [2.05, 4.69) is 171 Å². The van der Waals surface area contributed by atoms with Crippen LogP contribution in [0.15, 0.2) is 109 Å².